The Morgan fingerprint density at radius 2 is 2.00 bits per heavy atom. The van der Waals surface area contributed by atoms with Gasteiger partial charge in [-0.05, 0) is 5.92 Å². The Morgan fingerprint density at radius 3 is 2.25 bits per heavy atom. The van der Waals surface area contributed by atoms with Crippen LogP contribution < -0.4 is 0 Å². The molecule has 0 fully saturated rings. The molecule has 0 rings (SSSR count). The van der Waals surface area contributed by atoms with E-state index in [4.69, 9.17) is 5.11 Å². The largest absolute Gasteiger partial charge is 0.480 e. The first kappa shape index (κ1) is 11.5. The number of hydrogen-bond acceptors (Lipinski definition) is 3. The lowest BCUT2D eigenvalue weighted by atomic mass is 10.1. The zero-order valence-corrected chi connectivity index (χ0v) is 8.35. The number of carboxylic acid groups (broad SMARTS) is 1. The van der Waals surface area contributed by atoms with Gasteiger partial charge in [-0.2, -0.15) is 0 Å². The van der Waals surface area contributed by atoms with E-state index in [1.165, 1.54) is 6.92 Å². The third-order valence-electron chi connectivity index (χ3n) is 1.70. The van der Waals surface area contributed by atoms with Gasteiger partial charge < -0.3 is 5.11 Å². The molecular weight excluding hydrogens is 176 g/mol. The van der Waals surface area contributed by atoms with Gasteiger partial charge in [0.15, 0.2) is 5.12 Å². The first-order valence-corrected chi connectivity index (χ1v) is 4.77. The SMILES string of the molecule is CC[C@H](C)[C@H](SC(C)=O)C(=O)O. The number of carboxylic acids is 1. The molecule has 0 amide bonds. The van der Waals surface area contributed by atoms with E-state index in [9.17, 15) is 9.59 Å². The fourth-order valence-electron chi connectivity index (χ4n) is 0.803. The number of aliphatic carboxylic acids is 1. The number of rotatable bonds is 4. The van der Waals surface area contributed by atoms with Gasteiger partial charge in [0, 0.05) is 6.92 Å². The van der Waals surface area contributed by atoms with Crippen molar-refractivity contribution in [3.05, 3.63) is 0 Å². The Morgan fingerprint density at radius 1 is 1.50 bits per heavy atom. The smallest absolute Gasteiger partial charge is 0.317 e. The first-order chi connectivity index (χ1) is 5.49. The van der Waals surface area contributed by atoms with Gasteiger partial charge in [-0.3, -0.25) is 9.59 Å². The predicted molar refractivity (Wildman–Crippen MR) is 49.2 cm³/mol. The van der Waals surface area contributed by atoms with Crippen LogP contribution in [0.1, 0.15) is 27.2 Å². The molecule has 0 aliphatic carbocycles. The highest BCUT2D eigenvalue weighted by Crippen LogP contribution is 2.22. The maximum atomic E-state index is 10.7. The summed E-state index contributed by atoms with van der Waals surface area (Å²) in [6.45, 7) is 5.15. The average molecular weight is 190 g/mol. The molecule has 0 aromatic heterocycles. The van der Waals surface area contributed by atoms with E-state index in [0.29, 0.717) is 0 Å². The standard InChI is InChI=1S/C8H14O3S/c1-4-5(2)7(8(10)11)12-6(3)9/h5,7H,4H2,1-3H3,(H,10,11)/t5-,7-/m0/s1. The predicted octanol–water partition coefficient (Wildman–Crippen LogP) is 1.77. The topological polar surface area (TPSA) is 54.4 Å². The van der Waals surface area contributed by atoms with Crippen LogP contribution in [0.3, 0.4) is 0 Å². The van der Waals surface area contributed by atoms with Crippen LogP contribution in [0.25, 0.3) is 0 Å². The van der Waals surface area contributed by atoms with Gasteiger partial charge in [-0.1, -0.05) is 32.0 Å². The van der Waals surface area contributed by atoms with Crippen molar-refractivity contribution in [2.75, 3.05) is 0 Å². The Kier molecular flexibility index (Phi) is 4.97. The van der Waals surface area contributed by atoms with E-state index >= 15 is 0 Å². The Labute approximate surface area is 76.5 Å². The molecule has 0 saturated carbocycles. The van der Waals surface area contributed by atoms with Gasteiger partial charge in [0.05, 0.1) is 0 Å². The minimum Gasteiger partial charge on any atom is -0.480 e. The summed E-state index contributed by atoms with van der Waals surface area (Å²) >= 11 is 0.902. The molecule has 2 atom stereocenters. The summed E-state index contributed by atoms with van der Waals surface area (Å²) in [7, 11) is 0. The fraction of sp³-hybridized carbons (Fsp3) is 0.750. The van der Waals surface area contributed by atoms with Crippen LogP contribution in [0.2, 0.25) is 0 Å². The number of hydrogen-bond donors (Lipinski definition) is 1. The van der Waals surface area contributed by atoms with Crippen LogP contribution in [-0.4, -0.2) is 21.4 Å². The van der Waals surface area contributed by atoms with Crippen molar-refractivity contribution in [2.45, 2.75) is 32.4 Å². The Balaban J connectivity index is 4.22. The minimum absolute atomic E-state index is 0.0383. The quantitative estimate of drug-likeness (QED) is 0.734. The summed E-state index contributed by atoms with van der Waals surface area (Å²) in [5.41, 5.74) is 0. The summed E-state index contributed by atoms with van der Waals surface area (Å²) in [6, 6.07) is 0. The normalized spacial score (nSPS) is 15.2. The Hall–Kier alpha value is -0.510. The molecular formula is C8H14O3S. The molecule has 0 aromatic rings. The maximum absolute atomic E-state index is 10.7. The summed E-state index contributed by atoms with van der Waals surface area (Å²) in [6.07, 6.45) is 0.775. The van der Waals surface area contributed by atoms with Crippen molar-refractivity contribution in [1.82, 2.24) is 0 Å². The number of carbonyl (C=O) groups is 2. The van der Waals surface area contributed by atoms with Crippen LogP contribution in [0.15, 0.2) is 0 Å². The summed E-state index contributed by atoms with van der Waals surface area (Å²) in [5.74, 6) is -0.860. The van der Waals surface area contributed by atoms with Crippen LogP contribution in [-0.2, 0) is 9.59 Å². The highest BCUT2D eigenvalue weighted by molar-refractivity contribution is 8.14. The van der Waals surface area contributed by atoms with Gasteiger partial charge >= 0.3 is 5.97 Å². The molecule has 4 heteroatoms. The highest BCUT2D eigenvalue weighted by Gasteiger charge is 2.25. The van der Waals surface area contributed by atoms with Gasteiger partial charge in [0.2, 0.25) is 0 Å². The van der Waals surface area contributed by atoms with Crippen LogP contribution in [0.4, 0.5) is 0 Å². The van der Waals surface area contributed by atoms with Gasteiger partial charge in [0.25, 0.3) is 0 Å². The second-order valence-electron chi connectivity index (χ2n) is 2.75. The molecule has 3 nitrogen and oxygen atoms in total. The second kappa shape index (κ2) is 5.19. The lowest BCUT2D eigenvalue weighted by molar-refractivity contribution is -0.137. The van der Waals surface area contributed by atoms with E-state index in [0.717, 1.165) is 18.2 Å². The number of thioether (sulfide) groups is 1. The second-order valence-corrected chi connectivity index (χ2v) is 4.07. The van der Waals surface area contributed by atoms with Crippen molar-refractivity contribution in [2.24, 2.45) is 5.92 Å². The molecule has 0 aliphatic heterocycles. The van der Waals surface area contributed by atoms with Crippen molar-refractivity contribution in [1.29, 1.82) is 0 Å². The molecule has 0 heterocycles. The summed E-state index contributed by atoms with van der Waals surface area (Å²) < 4.78 is 0. The molecule has 70 valence electrons. The van der Waals surface area contributed by atoms with Gasteiger partial charge in [-0.15, -0.1) is 0 Å². The van der Waals surface area contributed by atoms with Crippen molar-refractivity contribution >= 4 is 22.8 Å². The third-order valence-corrected chi connectivity index (χ3v) is 2.95. The summed E-state index contributed by atoms with van der Waals surface area (Å²) in [5, 5.41) is 8.02. The van der Waals surface area contributed by atoms with E-state index < -0.39 is 11.2 Å². The summed E-state index contributed by atoms with van der Waals surface area (Å²) in [4.78, 5) is 21.3. The zero-order chi connectivity index (χ0) is 9.72. The maximum Gasteiger partial charge on any atom is 0.317 e. The molecule has 0 spiro atoms. The third kappa shape index (κ3) is 3.76. The first-order valence-electron chi connectivity index (χ1n) is 3.89. The average Bonchev–Trinajstić information content (AvgIpc) is 1.98. The van der Waals surface area contributed by atoms with Crippen molar-refractivity contribution in [3.63, 3.8) is 0 Å². The molecule has 0 unspecified atom stereocenters. The zero-order valence-electron chi connectivity index (χ0n) is 7.53. The molecule has 0 aliphatic rings. The van der Waals surface area contributed by atoms with Gasteiger partial charge in [0.1, 0.15) is 5.25 Å². The molecule has 0 saturated heterocycles. The van der Waals surface area contributed by atoms with Crippen molar-refractivity contribution in [3.8, 4) is 0 Å². The van der Waals surface area contributed by atoms with E-state index in [-0.39, 0.29) is 11.0 Å². The van der Waals surface area contributed by atoms with E-state index in [2.05, 4.69) is 0 Å². The molecule has 0 aromatic carbocycles. The fourth-order valence-corrected chi connectivity index (χ4v) is 1.69. The number of carbonyl (C=O) groups excluding carboxylic acids is 1. The monoisotopic (exact) mass is 190 g/mol. The van der Waals surface area contributed by atoms with Crippen LogP contribution in [0.5, 0.6) is 0 Å². The van der Waals surface area contributed by atoms with E-state index in [1.54, 1.807) is 0 Å². The molecule has 0 radical (unpaired) electrons. The Bertz CT molecular complexity index is 179. The van der Waals surface area contributed by atoms with Crippen LogP contribution in [0, 0.1) is 5.92 Å². The van der Waals surface area contributed by atoms with Crippen molar-refractivity contribution < 1.29 is 14.7 Å². The molecule has 0 bridgehead atoms. The van der Waals surface area contributed by atoms with E-state index in [1.807, 2.05) is 13.8 Å². The molecule has 1 N–H and O–H groups in total. The molecule has 12 heavy (non-hydrogen) atoms. The minimum atomic E-state index is -0.899. The van der Waals surface area contributed by atoms with Crippen LogP contribution >= 0.6 is 11.8 Å². The lowest BCUT2D eigenvalue weighted by Gasteiger charge is -2.15. The highest BCUT2D eigenvalue weighted by atomic mass is 32.2. The lowest BCUT2D eigenvalue weighted by Crippen LogP contribution is -2.25. The van der Waals surface area contributed by atoms with Gasteiger partial charge in [-0.25, -0.2) is 0 Å².